The summed E-state index contributed by atoms with van der Waals surface area (Å²) in [6, 6.07) is 38.5. The molecule has 6 aliphatic heterocycles. The molecule has 0 atom stereocenters. The summed E-state index contributed by atoms with van der Waals surface area (Å²) in [5, 5.41) is 58.5. The summed E-state index contributed by atoms with van der Waals surface area (Å²) in [5.41, 5.74) is 5.17. The second-order valence-electron chi connectivity index (χ2n) is 25.1. The lowest BCUT2D eigenvalue weighted by Crippen LogP contribution is -2.47. The van der Waals surface area contributed by atoms with Gasteiger partial charge in [-0.25, -0.2) is 19.2 Å². The van der Waals surface area contributed by atoms with Crippen LogP contribution in [0.3, 0.4) is 0 Å². The van der Waals surface area contributed by atoms with Gasteiger partial charge in [-0.1, -0.05) is 77.8 Å². The molecule has 0 radical (unpaired) electrons. The van der Waals surface area contributed by atoms with Crippen molar-refractivity contribution in [2.75, 3.05) is 172 Å². The Morgan fingerprint density at radius 3 is 0.826 bits per heavy atom. The number of benzene rings is 6. The molecule has 0 bridgehead atoms. The van der Waals surface area contributed by atoms with E-state index >= 15 is 0 Å². The molecule has 109 heavy (non-hydrogen) atoms. The number of alkyl halides is 6. The number of halogens is 10. The van der Waals surface area contributed by atoms with E-state index in [0.717, 1.165) is 173 Å². The highest BCUT2D eigenvalue weighted by atomic mass is 35.5. The lowest BCUT2D eigenvalue weighted by Gasteiger charge is -2.36. The molecule has 7 N–H and O–H groups in total. The van der Waals surface area contributed by atoms with Crippen LogP contribution in [-0.2, 0) is 31.5 Å². The lowest BCUT2D eigenvalue weighted by molar-refractivity contribution is -0.138. The monoisotopic (exact) mass is 1660 g/mol. The Labute approximate surface area is 668 Å². The number of aliphatic carboxylic acids is 4. The van der Waals surface area contributed by atoms with Crippen molar-refractivity contribution in [2.45, 2.75) is 67.9 Å². The SMILES string of the molecule is CC(=O)c1ccc2c(c1)N(CCCN1CCN(CCO)CC1)c1ccccc1S2.Cl.Cl.Cl.Cl.O=C(O)/C=C\C(=O)O.O=C(O)/C=C\C(=O)O.OCCN1CCN(CCCN2c3ccccc3Sc3ccc(C(F)(F)F)cc32)CC1.OCCN1CCN(CCCN2c3ccccc3Sc3ccc(C(F)(F)F)cc32)CC1. The van der Waals surface area contributed by atoms with Gasteiger partial charge in [-0.15, -0.1) is 49.6 Å². The molecule has 3 fully saturated rings. The molecular weight excluding hydrogens is 1570 g/mol. The summed E-state index contributed by atoms with van der Waals surface area (Å²) >= 11 is 4.84. The maximum atomic E-state index is 13.3. The van der Waals surface area contributed by atoms with E-state index in [9.17, 15) is 50.3 Å². The number of hydrogen-bond donors (Lipinski definition) is 7. The highest BCUT2D eigenvalue weighted by Crippen LogP contribution is 2.52. The number of rotatable bonds is 23. The predicted octanol–water partition coefficient (Wildman–Crippen LogP) is 13.2. The summed E-state index contributed by atoms with van der Waals surface area (Å²) < 4.78 is 79.9. The average molecular weight is 1660 g/mol. The number of anilines is 6. The number of para-hydroxylation sites is 3. The molecule has 0 aromatic heterocycles. The second kappa shape index (κ2) is 46.9. The minimum absolute atomic E-state index is 0. The molecule has 0 spiro atoms. The molecule has 6 heterocycles. The first kappa shape index (κ1) is 94.6. The number of carboxylic acids is 4. The molecule has 0 saturated carbocycles. The normalized spacial score (nSPS) is 15.7. The van der Waals surface area contributed by atoms with Gasteiger partial charge < -0.3 is 65.1 Å². The van der Waals surface area contributed by atoms with Crippen molar-refractivity contribution in [3.05, 3.63) is 168 Å². The number of carboxylic acid groups (broad SMARTS) is 4. The van der Waals surface area contributed by atoms with Crippen molar-refractivity contribution in [2.24, 2.45) is 0 Å². The molecular formula is C75H93Cl4F6N9O12S3. The largest absolute Gasteiger partial charge is 0.478 e. The van der Waals surface area contributed by atoms with E-state index in [1.165, 1.54) is 63.3 Å². The first-order chi connectivity index (χ1) is 50.3. The van der Waals surface area contributed by atoms with E-state index < -0.39 is 47.4 Å². The Morgan fingerprint density at radius 2 is 0.578 bits per heavy atom. The third kappa shape index (κ3) is 29.3. The fourth-order valence-electron chi connectivity index (χ4n) is 12.6. The van der Waals surface area contributed by atoms with Gasteiger partial charge >= 0.3 is 36.2 Å². The fraction of sp³-hybridized carbons (Fsp3) is 0.400. The van der Waals surface area contributed by atoms with Crippen molar-refractivity contribution < 1.29 is 86.1 Å². The molecule has 34 heteroatoms. The first-order valence-electron chi connectivity index (χ1n) is 34.5. The number of hydrogen-bond acceptors (Lipinski definition) is 20. The van der Waals surface area contributed by atoms with Crippen molar-refractivity contribution in [1.29, 1.82) is 0 Å². The molecule has 598 valence electrons. The smallest absolute Gasteiger partial charge is 0.416 e. The van der Waals surface area contributed by atoms with Crippen molar-refractivity contribution in [1.82, 2.24) is 29.4 Å². The molecule has 6 aliphatic rings. The van der Waals surface area contributed by atoms with Crippen LogP contribution in [0, 0.1) is 0 Å². The number of aliphatic hydroxyl groups is 3. The summed E-state index contributed by atoms with van der Waals surface area (Å²) in [6.45, 7) is 21.5. The summed E-state index contributed by atoms with van der Waals surface area (Å²) in [4.78, 5) is 77.1. The fourth-order valence-corrected chi connectivity index (χ4v) is 15.8. The molecule has 6 aromatic rings. The number of ketones is 1. The van der Waals surface area contributed by atoms with Crippen LogP contribution in [0.15, 0.2) is 181 Å². The summed E-state index contributed by atoms with van der Waals surface area (Å²) in [7, 11) is 0. The van der Waals surface area contributed by atoms with Gasteiger partial charge in [0.25, 0.3) is 0 Å². The Morgan fingerprint density at radius 1 is 0.339 bits per heavy atom. The zero-order valence-corrected chi connectivity index (χ0v) is 65.6. The maximum absolute atomic E-state index is 13.3. The van der Waals surface area contributed by atoms with Crippen molar-refractivity contribution in [3.8, 4) is 0 Å². The van der Waals surface area contributed by atoms with Gasteiger partial charge in [0.05, 0.1) is 65.1 Å². The quantitative estimate of drug-likeness (QED) is 0.0179. The van der Waals surface area contributed by atoms with Gasteiger partial charge in [0.15, 0.2) is 5.78 Å². The van der Waals surface area contributed by atoms with Gasteiger partial charge in [0.2, 0.25) is 0 Å². The molecule has 0 aliphatic carbocycles. The zero-order chi connectivity index (χ0) is 75.6. The van der Waals surface area contributed by atoms with E-state index in [1.807, 2.05) is 70.5 Å². The summed E-state index contributed by atoms with van der Waals surface area (Å²) in [5.74, 6) is -4.92. The minimum atomic E-state index is -4.35. The Balaban J connectivity index is 0.000000308. The van der Waals surface area contributed by atoms with Gasteiger partial charge in [-0.3, -0.25) is 19.5 Å². The number of fused-ring (bicyclic) bond motifs is 6. The van der Waals surface area contributed by atoms with Gasteiger partial charge in [-0.2, -0.15) is 26.3 Å². The number of carbonyl (C=O) groups is 5. The Kier molecular flexibility index (Phi) is 40.7. The number of aliphatic hydroxyl groups excluding tert-OH is 3. The first-order valence-corrected chi connectivity index (χ1v) is 36.9. The molecule has 3 saturated heterocycles. The second-order valence-corrected chi connectivity index (χ2v) is 28.3. The standard InChI is InChI=1S/C23H29N3O2S.2C22H26F3N3OS.2C4H4O4.4ClH/c1-18(28)19-7-8-23-21(17-19)26(20-5-2-3-6-22(20)29-23)10-4-9-24-11-13-25(14-12-24)15-16-27;2*23-22(24,25)17-6-7-21-19(16-17)28(18-4-1-2-5-20(18)30-21)9-3-8-26-10-12-27(13-11-26)14-15-29;2*5-3(6)1-2-4(7)8;;;;/h2-3,5-8,17,27H,4,9-16H2,1H3;2*1-2,4-7,16,29H,3,8-15H2;2*1-2H,(H,5,6)(H,7,8);4*1H/b;;;2*2-1-;;;;. The Hall–Kier alpha value is -6.82. The number of Topliss-reactive ketones (excluding diaryl/α,β-unsaturated/α-hetero) is 1. The van der Waals surface area contributed by atoms with Gasteiger partial charge in [-0.05, 0) is 131 Å². The van der Waals surface area contributed by atoms with Crippen LogP contribution in [0.5, 0.6) is 0 Å². The van der Waals surface area contributed by atoms with Crippen LogP contribution in [-0.4, -0.2) is 252 Å². The molecule has 12 rings (SSSR count). The van der Waals surface area contributed by atoms with Crippen LogP contribution in [0.1, 0.15) is 47.7 Å². The topological polar surface area (TPSA) is 256 Å². The number of carbonyl (C=O) groups excluding carboxylic acids is 1. The zero-order valence-electron chi connectivity index (χ0n) is 59.8. The van der Waals surface area contributed by atoms with Crippen LogP contribution < -0.4 is 14.7 Å². The number of nitrogens with zero attached hydrogens (tertiary/aromatic N) is 9. The van der Waals surface area contributed by atoms with Gasteiger partial charge in [0.1, 0.15) is 0 Å². The van der Waals surface area contributed by atoms with Crippen molar-refractivity contribution >= 4 is 149 Å². The molecule has 0 amide bonds. The van der Waals surface area contributed by atoms with E-state index in [0.29, 0.717) is 61.9 Å². The van der Waals surface area contributed by atoms with E-state index in [-0.39, 0.29) is 75.2 Å². The Bertz CT molecular complexity index is 3740. The third-order valence-electron chi connectivity index (χ3n) is 17.9. The highest BCUT2D eigenvalue weighted by molar-refractivity contribution is 8.00. The van der Waals surface area contributed by atoms with Crippen LogP contribution in [0.2, 0.25) is 0 Å². The van der Waals surface area contributed by atoms with E-state index in [4.69, 9.17) is 35.7 Å². The summed E-state index contributed by atoms with van der Waals surface area (Å²) in [6.07, 6.45) is -3.66. The molecule has 6 aromatic carbocycles. The van der Waals surface area contributed by atoms with E-state index in [2.05, 4.69) is 64.6 Å². The van der Waals surface area contributed by atoms with Gasteiger partial charge in [0, 0.05) is 177 Å². The highest BCUT2D eigenvalue weighted by Gasteiger charge is 2.36. The predicted molar refractivity (Wildman–Crippen MR) is 424 cm³/mol. The van der Waals surface area contributed by atoms with Crippen molar-refractivity contribution in [3.63, 3.8) is 0 Å². The third-order valence-corrected chi connectivity index (χ3v) is 21.3. The van der Waals surface area contributed by atoms with Crippen LogP contribution in [0.4, 0.5) is 60.5 Å². The average Bonchev–Trinajstić information content (AvgIpc) is 0.779. The number of piperazine rings is 3. The molecule has 0 unspecified atom stereocenters. The number of β-amino-alcohol motifs (C(OH)–C–C–N with tert-alkyl or cyclic N) is 3. The van der Waals surface area contributed by atoms with Crippen LogP contribution >= 0.6 is 84.9 Å². The lowest BCUT2D eigenvalue weighted by atomic mass is 10.1. The molecule has 21 nitrogen and oxygen atoms in total. The minimum Gasteiger partial charge on any atom is -0.478 e. The van der Waals surface area contributed by atoms with E-state index in [1.54, 1.807) is 30.8 Å². The maximum Gasteiger partial charge on any atom is 0.416 e. The van der Waals surface area contributed by atoms with Crippen LogP contribution in [0.25, 0.3) is 0 Å².